The Balaban J connectivity index is 1.33. The van der Waals surface area contributed by atoms with E-state index in [1.54, 1.807) is 36.8 Å². The Bertz CT molecular complexity index is 982. The number of nitrogens with one attached hydrogen (secondary N) is 1. The fraction of sp³-hybridized carbons (Fsp3) is 0.389. The molecule has 0 radical (unpaired) electrons. The Morgan fingerprint density at radius 2 is 2.07 bits per heavy atom. The van der Waals surface area contributed by atoms with Crippen LogP contribution in [0.1, 0.15) is 12.8 Å². The van der Waals surface area contributed by atoms with Crippen LogP contribution in [-0.4, -0.2) is 49.7 Å². The van der Waals surface area contributed by atoms with Crippen molar-refractivity contribution < 1.29 is 4.79 Å². The van der Waals surface area contributed by atoms with Crippen molar-refractivity contribution >= 4 is 17.5 Å². The average Bonchev–Trinajstić information content (AvgIpc) is 3.05. The Kier molecular flexibility index (Phi) is 4.82. The molecular weight excluding hydrogens is 346 g/mol. The average molecular weight is 367 g/mol. The zero-order valence-electron chi connectivity index (χ0n) is 14.9. The van der Waals surface area contributed by atoms with Gasteiger partial charge in [-0.05, 0) is 31.0 Å². The van der Waals surface area contributed by atoms with Gasteiger partial charge in [0.15, 0.2) is 5.65 Å². The van der Waals surface area contributed by atoms with E-state index in [-0.39, 0.29) is 17.5 Å². The van der Waals surface area contributed by atoms with Crippen LogP contribution in [0.2, 0.25) is 0 Å². The first-order valence-electron chi connectivity index (χ1n) is 9.06. The molecule has 140 valence electrons. The standard InChI is InChI=1S/C18H21N7O2/c26-16(14-5-3-10-23(13-14)17-20-7-4-8-21-17)19-9-12-25-18(27)24-11-2-1-6-15(24)22-25/h1-2,4,6-8,11,14H,3,5,9-10,12-13H2,(H,19,26)/t14-/m1/s1. The van der Waals surface area contributed by atoms with Gasteiger partial charge in [-0.3, -0.25) is 9.20 Å². The summed E-state index contributed by atoms with van der Waals surface area (Å²) in [5, 5.41) is 7.19. The molecule has 1 amide bonds. The normalized spacial score (nSPS) is 17.2. The summed E-state index contributed by atoms with van der Waals surface area (Å²) >= 11 is 0. The molecule has 3 aromatic rings. The molecule has 27 heavy (non-hydrogen) atoms. The summed E-state index contributed by atoms with van der Waals surface area (Å²) in [7, 11) is 0. The number of anilines is 1. The molecule has 1 atom stereocenters. The molecule has 3 aromatic heterocycles. The quantitative estimate of drug-likeness (QED) is 0.697. The first-order chi connectivity index (χ1) is 13.2. The SMILES string of the molecule is O=C(NCCn1nc2ccccn2c1=O)[C@@H]1CCCN(c2ncccn2)C1. The molecule has 4 heterocycles. The zero-order chi connectivity index (χ0) is 18.6. The fourth-order valence-corrected chi connectivity index (χ4v) is 3.37. The Labute approximate surface area is 155 Å². The highest BCUT2D eigenvalue weighted by Crippen LogP contribution is 2.19. The van der Waals surface area contributed by atoms with E-state index in [0.29, 0.717) is 31.2 Å². The monoisotopic (exact) mass is 367 g/mol. The van der Waals surface area contributed by atoms with Crippen molar-refractivity contribution in [2.24, 2.45) is 5.92 Å². The number of aromatic nitrogens is 5. The molecule has 0 spiro atoms. The van der Waals surface area contributed by atoms with Gasteiger partial charge in [-0.25, -0.2) is 19.4 Å². The highest BCUT2D eigenvalue weighted by atomic mass is 16.2. The van der Waals surface area contributed by atoms with Crippen LogP contribution in [0.15, 0.2) is 47.7 Å². The van der Waals surface area contributed by atoms with Crippen LogP contribution < -0.4 is 15.9 Å². The van der Waals surface area contributed by atoms with Crippen molar-refractivity contribution in [1.29, 1.82) is 0 Å². The van der Waals surface area contributed by atoms with Gasteiger partial charge >= 0.3 is 5.69 Å². The molecule has 1 saturated heterocycles. The van der Waals surface area contributed by atoms with Gasteiger partial charge in [0.2, 0.25) is 11.9 Å². The maximum atomic E-state index is 12.5. The van der Waals surface area contributed by atoms with Gasteiger partial charge in [0.1, 0.15) is 0 Å². The second kappa shape index (κ2) is 7.56. The van der Waals surface area contributed by atoms with E-state index in [9.17, 15) is 9.59 Å². The van der Waals surface area contributed by atoms with Crippen LogP contribution in [0.25, 0.3) is 5.65 Å². The number of piperidine rings is 1. The summed E-state index contributed by atoms with van der Waals surface area (Å²) < 4.78 is 2.86. The number of fused-ring (bicyclic) bond motifs is 1. The molecule has 0 saturated carbocycles. The molecule has 9 nitrogen and oxygen atoms in total. The predicted molar refractivity (Wildman–Crippen MR) is 99.4 cm³/mol. The molecule has 1 aliphatic heterocycles. The van der Waals surface area contributed by atoms with Crippen LogP contribution >= 0.6 is 0 Å². The van der Waals surface area contributed by atoms with E-state index in [2.05, 4.69) is 20.4 Å². The topological polar surface area (TPSA) is 97.4 Å². The first-order valence-corrected chi connectivity index (χ1v) is 9.06. The third kappa shape index (κ3) is 3.67. The van der Waals surface area contributed by atoms with Crippen LogP contribution in [0.3, 0.4) is 0 Å². The maximum Gasteiger partial charge on any atom is 0.350 e. The van der Waals surface area contributed by atoms with Gasteiger partial charge in [-0.15, -0.1) is 5.10 Å². The summed E-state index contributed by atoms with van der Waals surface area (Å²) in [6.45, 7) is 2.15. The van der Waals surface area contributed by atoms with Crippen LogP contribution in [0.4, 0.5) is 5.95 Å². The van der Waals surface area contributed by atoms with Gasteiger partial charge < -0.3 is 10.2 Å². The van der Waals surface area contributed by atoms with Crippen LogP contribution in [-0.2, 0) is 11.3 Å². The van der Waals surface area contributed by atoms with Crippen molar-refractivity contribution in [2.45, 2.75) is 19.4 Å². The van der Waals surface area contributed by atoms with Crippen molar-refractivity contribution in [3.63, 3.8) is 0 Å². The lowest BCUT2D eigenvalue weighted by molar-refractivity contribution is -0.125. The zero-order valence-corrected chi connectivity index (χ0v) is 14.9. The van der Waals surface area contributed by atoms with E-state index in [1.807, 2.05) is 11.0 Å². The fourth-order valence-electron chi connectivity index (χ4n) is 3.37. The Morgan fingerprint density at radius 3 is 2.89 bits per heavy atom. The second-order valence-corrected chi connectivity index (χ2v) is 6.56. The molecule has 1 fully saturated rings. The molecule has 1 aliphatic rings. The molecule has 4 rings (SSSR count). The molecule has 0 bridgehead atoms. The predicted octanol–water partition coefficient (Wildman–Crippen LogP) is 0.319. The van der Waals surface area contributed by atoms with E-state index < -0.39 is 0 Å². The minimum atomic E-state index is -0.204. The van der Waals surface area contributed by atoms with E-state index >= 15 is 0 Å². The number of rotatable bonds is 5. The van der Waals surface area contributed by atoms with Gasteiger partial charge in [-0.2, -0.15) is 0 Å². The number of hydrogen-bond acceptors (Lipinski definition) is 6. The molecule has 9 heteroatoms. The summed E-state index contributed by atoms with van der Waals surface area (Å²) in [5.41, 5.74) is 0.393. The number of hydrogen-bond donors (Lipinski definition) is 1. The first kappa shape index (κ1) is 17.2. The number of nitrogens with zero attached hydrogens (tertiary/aromatic N) is 6. The van der Waals surface area contributed by atoms with Crippen molar-refractivity contribution in [3.05, 3.63) is 53.3 Å². The number of carbonyl (C=O) groups is 1. The smallest absolute Gasteiger partial charge is 0.350 e. The Morgan fingerprint density at radius 1 is 1.22 bits per heavy atom. The van der Waals surface area contributed by atoms with E-state index in [0.717, 1.165) is 19.4 Å². The van der Waals surface area contributed by atoms with Gasteiger partial charge in [-0.1, -0.05) is 6.07 Å². The highest BCUT2D eigenvalue weighted by molar-refractivity contribution is 5.79. The Hall–Kier alpha value is -3.23. The lowest BCUT2D eigenvalue weighted by atomic mass is 9.97. The highest BCUT2D eigenvalue weighted by Gasteiger charge is 2.26. The summed E-state index contributed by atoms with van der Waals surface area (Å²) in [6, 6.07) is 7.17. The number of carbonyl (C=O) groups excluding carboxylic acids is 1. The maximum absolute atomic E-state index is 12.5. The van der Waals surface area contributed by atoms with Crippen molar-refractivity contribution in [1.82, 2.24) is 29.5 Å². The van der Waals surface area contributed by atoms with Crippen LogP contribution in [0, 0.1) is 5.92 Å². The van der Waals surface area contributed by atoms with Crippen LogP contribution in [0.5, 0.6) is 0 Å². The van der Waals surface area contributed by atoms with Crippen molar-refractivity contribution in [3.8, 4) is 0 Å². The summed E-state index contributed by atoms with van der Waals surface area (Å²) in [6.07, 6.45) is 6.85. The number of amides is 1. The third-order valence-corrected chi connectivity index (χ3v) is 4.74. The number of pyridine rings is 1. The van der Waals surface area contributed by atoms with Gasteiger partial charge in [0, 0.05) is 38.2 Å². The summed E-state index contributed by atoms with van der Waals surface area (Å²) in [4.78, 5) is 35.3. The van der Waals surface area contributed by atoms with E-state index in [1.165, 1.54) is 9.08 Å². The van der Waals surface area contributed by atoms with Gasteiger partial charge in [0.25, 0.3) is 0 Å². The van der Waals surface area contributed by atoms with E-state index in [4.69, 9.17) is 0 Å². The molecule has 0 aliphatic carbocycles. The minimum absolute atomic E-state index is 0.00700. The minimum Gasteiger partial charge on any atom is -0.354 e. The third-order valence-electron chi connectivity index (χ3n) is 4.74. The molecular formula is C18H21N7O2. The second-order valence-electron chi connectivity index (χ2n) is 6.56. The van der Waals surface area contributed by atoms with Crippen molar-refractivity contribution in [2.75, 3.05) is 24.5 Å². The molecule has 0 unspecified atom stereocenters. The summed E-state index contributed by atoms with van der Waals surface area (Å²) in [5.74, 6) is 0.541. The molecule has 1 N–H and O–H groups in total. The van der Waals surface area contributed by atoms with Gasteiger partial charge in [0.05, 0.1) is 12.5 Å². The molecule has 0 aromatic carbocycles. The largest absolute Gasteiger partial charge is 0.354 e. The lowest BCUT2D eigenvalue weighted by Crippen LogP contribution is -2.44. The lowest BCUT2D eigenvalue weighted by Gasteiger charge is -2.31.